The summed E-state index contributed by atoms with van der Waals surface area (Å²) in [7, 11) is 0. The molecule has 1 atom stereocenters. The molecule has 1 fully saturated rings. The molecule has 0 aromatic heterocycles. The molecule has 0 bridgehead atoms. The van der Waals surface area contributed by atoms with Gasteiger partial charge >= 0.3 is 0 Å². The zero-order valence-electron chi connectivity index (χ0n) is 11.2. The van der Waals surface area contributed by atoms with Gasteiger partial charge < -0.3 is 0 Å². The summed E-state index contributed by atoms with van der Waals surface area (Å²) in [5.74, 6) is -1.37. The quantitative estimate of drug-likeness (QED) is 0.852. The van der Waals surface area contributed by atoms with Gasteiger partial charge in [-0.3, -0.25) is 14.9 Å². The van der Waals surface area contributed by atoms with Crippen LogP contribution in [0.5, 0.6) is 0 Å². The Kier molecular flexibility index (Phi) is 3.69. The first kappa shape index (κ1) is 13.7. The molecule has 1 unspecified atom stereocenters. The zero-order valence-corrected chi connectivity index (χ0v) is 11.2. The molecule has 0 aliphatic carbocycles. The number of rotatable bonds is 3. The third-order valence-corrected chi connectivity index (χ3v) is 4.24. The minimum Gasteiger partial charge on any atom is -0.296 e. The number of carbonyl (C=O) groups is 2. The van der Waals surface area contributed by atoms with Gasteiger partial charge in [-0.15, -0.1) is 0 Å². The smallest absolute Gasteiger partial charge is 0.234 e. The van der Waals surface area contributed by atoms with Gasteiger partial charge in [-0.05, 0) is 36.0 Å². The van der Waals surface area contributed by atoms with Gasteiger partial charge in [0, 0.05) is 6.42 Å². The molecular weight excluding hydrogens is 245 g/mol. The van der Waals surface area contributed by atoms with Gasteiger partial charge in [0.05, 0.1) is 5.92 Å². The van der Waals surface area contributed by atoms with Gasteiger partial charge in [-0.25, -0.2) is 4.39 Å². The third-order valence-electron chi connectivity index (χ3n) is 4.24. The maximum Gasteiger partial charge on any atom is 0.234 e. The molecular formula is C15H18FNO2. The van der Waals surface area contributed by atoms with Gasteiger partial charge in [0.1, 0.15) is 5.82 Å². The van der Waals surface area contributed by atoms with Crippen LogP contribution in [0.25, 0.3) is 0 Å². The van der Waals surface area contributed by atoms with Crippen molar-refractivity contribution in [1.82, 2.24) is 5.32 Å². The van der Waals surface area contributed by atoms with E-state index in [9.17, 15) is 14.0 Å². The van der Waals surface area contributed by atoms with Crippen molar-refractivity contribution in [1.29, 1.82) is 0 Å². The molecule has 1 aliphatic rings. The van der Waals surface area contributed by atoms with Gasteiger partial charge in [0.25, 0.3) is 0 Å². The van der Waals surface area contributed by atoms with Crippen LogP contribution in [-0.2, 0) is 9.59 Å². The average molecular weight is 263 g/mol. The van der Waals surface area contributed by atoms with E-state index in [1.54, 1.807) is 12.1 Å². The molecule has 19 heavy (non-hydrogen) atoms. The Labute approximate surface area is 112 Å². The number of nitrogens with one attached hydrogen (secondary N) is 1. The Morgan fingerprint density at radius 1 is 1.32 bits per heavy atom. The highest BCUT2D eigenvalue weighted by Gasteiger charge is 2.46. The van der Waals surface area contributed by atoms with E-state index in [0.29, 0.717) is 24.8 Å². The first-order chi connectivity index (χ1) is 9.02. The molecule has 1 heterocycles. The lowest BCUT2D eigenvalue weighted by atomic mass is 9.64. The van der Waals surface area contributed by atoms with Gasteiger partial charge in [-0.1, -0.05) is 26.0 Å². The molecule has 1 aromatic rings. The van der Waals surface area contributed by atoms with Crippen molar-refractivity contribution >= 4 is 11.8 Å². The van der Waals surface area contributed by atoms with E-state index in [2.05, 4.69) is 5.32 Å². The molecule has 0 spiro atoms. The van der Waals surface area contributed by atoms with E-state index in [1.165, 1.54) is 12.1 Å². The summed E-state index contributed by atoms with van der Waals surface area (Å²) in [6.45, 7) is 3.95. The standard InChI is InChI=1S/C15H18FNO2/c1-3-15(4-2)9-12(18)17-14(19)13(15)10-6-5-7-11(16)8-10/h5-8,13H,3-4,9H2,1-2H3,(H,17,18,19). The zero-order chi connectivity index (χ0) is 14.0. The fourth-order valence-corrected chi connectivity index (χ4v) is 3.05. The molecule has 0 saturated carbocycles. The van der Waals surface area contributed by atoms with Crippen LogP contribution in [0.2, 0.25) is 0 Å². The lowest BCUT2D eigenvalue weighted by molar-refractivity contribution is -0.140. The van der Waals surface area contributed by atoms with E-state index in [1.807, 2.05) is 13.8 Å². The van der Waals surface area contributed by atoms with Gasteiger partial charge in [0.2, 0.25) is 11.8 Å². The van der Waals surface area contributed by atoms with Crippen LogP contribution in [0, 0.1) is 11.2 Å². The molecule has 1 aromatic carbocycles. The Morgan fingerprint density at radius 3 is 2.58 bits per heavy atom. The molecule has 0 radical (unpaired) electrons. The summed E-state index contributed by atoms with van der Waals surface area (Å²) in [5.41, 5.74) is 0.237. The predicted octanol–water partition coefficient (Wildman–Crippen LogP) is 2.76. The average Bonchev–Trinajstić information content (AvgIpc) is 2.37. The van der Waals surface area contributed by atoms with Gasteiger partial charge in [0.15, 0.2) is 0 Å². The number of amides is 2. The lowest BCUT2D eigenvalue weighted by Crippen LogP contribution is -2.50. The first-order valence-corrected chi connectivity index (χ1v) is 6.61. The molecule has 1 saturated heterocycles. The van der Waals surface area contributed by atoms with E-state index in [0.717, 1.165) is 0 Å². The van der Waals surface area contributed by atoms with Crippen molar-refractivity contribution < 1.29 is 14.0 Å². The molecule has 3 nitrogen and oxygen atoms in total. The van der Waals surface area contributed by atoms with E-state index in [4.69, 9.17) is 0 Å². The van der Waals surface area contributed by atoms with E-state index < -0.39 is 11.3 Å². The van der Waals surface area contributed by atoms with Crippen molar-refractivity contribution in [2.45, 2.75) is 39.0 Å². The Hall–Kier alpha value is -1.71. The maximum atomic E-state index is 13.4. The van der Waals surface area contributed by atoms with E-state index >= 15 is 0 Å². The third kappa shape index (κ3) is 2.39. The van der Waals surface area contributed by atoms with Crippen LogP contribution >= 0.6 is 0 Å². The minimum atomic E-state index is -0.462. The normalized spacial score (nSPS) is 22.2. The summed E-state index contributed by atoms with van der Waals surface area (Å²) in [4.78, 5) is 23.8. The van der Waals surface area contributed by atoms with Crippen LogP contribution in [0.4, 0.5) is 4.39 Å². The van der Waals surface area contributed by atoms with Crippen LogP contribution in [0.1, 0.15) is 44.6 Å². The van der Waals surface area contributed by atoms with Crippen LogP contribution in [0.3, 0.4) is 0 Å². The molecule has 1 aliphatic heterocycles. The second-order valence-corrected chi connectivity index (χ2v) is 5.15. The highest BCUT2D eigenvalue weighted by Crippen LogP contribution is 2.47. The molecule has 2 rings (SSSR count). The number of carbonyl (C=O) groups excluding carboxylic acids is 2. The highest BCUT2D eigenvalue weighted by atomic mass is 19.1. The Bertz CT molecular complexity index is 509. The first-order valence-electron chi connectivity index (χ1n) is 6.61. The second-order valence-electron chi connectivity index (χ2n) is 5.15. The number of hydrogen-bond acceptors (Lipinski definition) is 2. The summed E-state index contributed by atoms with van der Waals surface area (Å²) in [6, 6.07) is 6.10. The summed E-state index contributed by atoms with van der Waals surface area (Å²) in [5, 5.41) is 2.37. The summed E-state index contributed by atoms with van der Waals surface area (Å²) in [6.07, 6.45) is 1.74. The Balaban J connectivity index is 2.49. The number of halogens is 1. The molecule has 2 amide bonds. The summed E-state index contributed by atoms with van der Waals surface area (Å²) >= 11 is 0. The van der Waals surface area contributed by atoms with Crippen molar-refractivity contribution in [3.63, 3.8) is 0 Å². The highest BCUT2D eigenvalue weighted by molar-refractivity contribution is 6.02. The van der Waals surface area contributed by atoms with Gasteiger partial charge in [-0.2, -0.15) is 0 Å². The van der Waals surface area contributed by atoms with Crippen LogP contribution in [0.15, 0.2) is 24.3 Å². The number of hydrogen-bond donors (Lipinski definition) is 1. The van der Waals surface area contributed by atoms with Crippen molar-refractivity contribution in [2.75, 3.05) is 0 Å². The molecule has 1 N–H and O–H groups in total. The minimum absolute atomic E-state index is 0.235. The van der Waals surface area contributed by atoms with Crippen molar-refractivity contribution in [3.05, 3.63) is 35.6 Å². The fraction of sp³-hybridized carbons (Fsp3) is 0.467. The van der Waals surface area contributed by atoms with Crippen LogP contribution in [-0.4, -0.2) is 11.8 Å². The number of imide groups is 1. The SMILES string of the molecule is CCC1(CC)CC(=O)NC(=O)C1c1cccc(F)c1. The molecule has 4 heteroatoms. The second kappa shape index (κ2) is 5.11. The summed E-state index contributed by atoms with van der Waals surface area (Å²) < 4.78 is 13.4. The largest absolute Gasteiger partial charge is 0.296 e. The maximum absolute atomic E-state index is 13.4. The topological polar surface area (TPSA) is 46.2 Å². The predicted molar refractivity (Wildman–Crippen MR) is 69.9 cm³/mol. The monoisotopic (exact) mass is 263 g/mol. The lowest BCUT2D eigenvalue weighted by Gasteiger charge is -2.41. The molecule has 102 valence electrons. The number of piperidine rings is 1. The van der Waals surface area contributed by atoms with Crippen LogP contribution < -0.4 is 5.32 Å². The number of benzene rings is 1. The fourth-order valence-electron chi connectivity index (χ4n) is 3.05. The van der Waals surface area contributed by atoms with E-state index in [-0.39, 0.29) is 17.6 Å². The Morgan fingerprint density at radius 2 is 2.00 bits per heavy atom. The van der Waals surface area contributed by atoms with Crippen molar-refractivity contribution in [3.8, 4) is 0 Å². The van der Waals surface area contributed by atoms with Crippen molar-refractivity contribution in [2.24, 2.45) is 5.41 Å².